The number of allylic oxidation sites excluding steroid dienone is 1. The molecule has 3 heterocycles. The lowest BCUT2D eigenvalue weighted by atomic mass is 10.0. The molecular weight excluding hydrogens is 771 g/mol. The SMILES string of the molecule is CC(C)(C)OC(=O)N1CCC/C(=C(\F)CCl)C1.CC(C)(C)OC(=O)N1CCC/C(=C(\F)CO)C1.CC(C)(C)OC(=O)N1CCC/C(=C(\F)COS(C)(=O)=O)C1. The van der Waals surface area contributed by atoms with Crippen LogP contribution in [0.25, 0.3) is 0 Å². The van der Waals surface area contributed by atoms with E-state index in [2.05, 4.69) is 4.18 Å². The average molecular weight is 832 g/mol. The number of hydrogen-bond donors (Lipinski definition) is 1. The van der Waals surface area contributed by atoms with Gasteiger partial charge in [0.15, 0.2) is 0 Å². The largest absolute Gasteiger partial charge is 0.444 e. The fourth-order valence-electron chi connectivity index (χ4n) is 5.19. The molecule has 0 aromatic rings. The third-order valence-corrected chi connectivity index (χ3v) is 8.41. The van der Waals surface area contributed by atoms with E-state index in [-0.39, 0.29) is 31.3 Å². The normalized spacial score (nSPS) is 19.9. The number of halogens is 4. The monoisotopic (exact) mass is 831 g/mol. The maximum Gasteiger partial charge on any atom is 0.410 e. The fourth-order valence-corrected chi connectivity index (χ4v) is 5.70. The molecule has 0 unspecified atom stereocenters. The summed E-state index contributed by atoms with van der Waals surface area (Å²) < 4.78 is 82.3. The summed E-state index contributed by atoms with van der Waals surface area (Å²) in [6.45, 7) is 17.1. The van der Waals surface area contributed by atoms with Gasteiger partial charge in [0.05, 0.1) is 18.7 Å². The summed E-state index contributed by atoms with van der Waals surface area (Å²) >= 11 is 5.45. The molecule has 1 N–H and O–H groups in total. The minimum atomic E-state index is -3.69. The van der Waals surface area contributed by atoms with Gasteiger partial charge in [0.2, 0.25) is 0 Å². The quantitative estimate of drug-likeness (QED) is 0.164. The van der Waals surface area contributed by atoms with Crippen LogP contribution in [-0.2, 0) is 28.5 Å². The third-order valence-electron chi connectivity index (χ3n) is 7.63. The first-order valence-corrected chi connectivity index (χ1v) is 20.5. The Morgan fingerprint density at radius 1 is 0.636 bits per heavy atom. The second-order valence-corrected chi connectivity index (χ2v) is 18.2. The zero-order chi connectivity index (χ0) is 42.4. The predicted molar refractivity (Wildman–Crippen MR) is 204 cm³/mol. The Labute approximate surface area is 329 Å². The molecule has 0 aromatic heterocycles. The number of aliphatic hydroxyl groups excluding tert-OH is 1. The molecule has 0 radical (unpaired) electrons. The van der Waals surface area contributed by atoms with Crippen LogP contribution in [0.2, 0.25) is 0 Å². The number of likely N-dealkylation sites (tertiary alicyclic amines) is 3. The highest BCUT2D eigenvalue weighted by Gasteiger charge is 2.29. The van der Waals surface area contributed by atoms with E-state index in [0.29, 0.717) is 68.5 Å². The Morgan fingerprint density at radius 3 is 1.22 bits per heavy atom. The first kappa shape index (κ1) is 50.0. The van der Waals surface area contributed by atoms with Gasteiger partial charge in [-0.15, -0.1) is 11.6 Å². The van der Waals surface area contributed by atoms with E-state index in [4.69, 9.17) is 30.9 Å². The number of carbonyl (C=O) groups excluding carboxylic acids is 3. The predicted octanol–water partition coefficient (Wildman–Crippen LogP) is 7.93. The van der Waals surface area contributed by atoms with E-state index in [1.807, 2.05) is 20.8 Å². The number of rotatable bonds is 5. The maximum absolute atomic E-state index is 13.9. The molecule has 55 heavy (non-hydrogen) atoms. The highest BCUT2D eigenvalue weighted by molar-refractivity contribution is 7.86. The molecule has 0 bridgehead atoms. The first-order valence-electron chi connectivity index (χ1n) is 18.2. The third kappa shape index (κ3) is 21.2. The number of hydrogen-bond acceptors (Lipinski definition) is 10. The summed E-state index contributed by atoms with van der Waals surface area (Å²) in [5.41, 5.74) is -0.217. The molecule has 3 aliphatic rings. The Morgan fingerprint density at radius 2 is 0.945 bits per heavy atom. The van der Waals surface area contributed by atoms with E-state index in [0.717, 1.165) is 12.7 Å². The standard InChI is InChI=1S/C13H22FNO5S.C12H19ClFNO2.C12H20FNO3/c1-13(2,3)20-12(16)15-7-5-6-10(8-15)11(14)9-19-21(4,17)18;1-12(2,3)17-11(16)15-6-4-5-9(8-15)10(14)7-13;1-12(2,3)17-11(16)14-6-4-5-9(7-14)10(13)8-15/h5-9H2,1-4H3;4-8H2,1-3H3;15H,4-8H2,1-3H3/b11-10+;2*10-9+. The molecular formula is C37H61ClF3N3O10S. The van der Waals surface area contributed by atoms with E-state index in [1.165, 1.54) is 14.7 Å². The van der Waals surface area contributed by atoms with E-state index >= 15 is 0 Å². The molecule has 3 aliphatic heterocycles. The van der Waals surface area contributed by atoms with E-state index in [1.54, 1.807) is 41.5 Å². The summed E-state index contributed by atoms with van der Waals surface area (Å²) in [6.07, 6.45) is 3.30. The second kappa shape index (κ2) is 22.1. The van der Waals surface area contributed by atoms with Crippen molar-refractivity contribution < 1.29 is 59.5 Å². The smallest absolute Gasteiger partial charge is 0.410 e. The summed E-state index contributed by atoms with van der Waals surface area (Å²) in [4.78, 5) is 39.9. The fraction of sp³-hybridized carbons (Fsp3) is 0.757. The molecule has 318 valence electrons. The lowest BCUT2D eigenvalue weighted by Crippen LogP contribution is -2.40. The van der Waals surface area contributed by atoms with Crippen molar-refractivity contribution in [1.29, 1.82) is 0 Å². The van der Waals surface area contributed by atoms with Gasteiger partial charge in [-0.05, 0) is 118 Å². The molecule has 0 aliphatic carbocycles. The highest BCUT2D eigenvalue weighted by Crippen LogP contribution is 2.25. The molecule has 18 heteroatoms. The van der Waals surface area contributed by atoms with Gasteiger partial charge in [-0.2, -0.15) is 8.42 Å². The van der Waals surface area contributed by atoms with E-state index < -0.39 is 70.1 Å². The van der Waals surface area contributed by atoms with Crippen LogP contribution in [0.4, 0.5) is 27.6 Å². The Kier molecular flexibility index (Phi) is 20.1. The van der Waals surface area contributed by atoms with Crippen LogP contribution < -0.4 is 0 Å². The second-order valence-electron chi connectivity index (χ2n) is 16.3. The topological polar surface area (TPSA) is 152 Å². The van der Waals surface area contributed by atoms with Gasteiger partial charge in [0, 0.05) is 39.3 Å². The number of carbonyl (C=O) groups is 3. The van der Waals surface area contributed by atoms with Crippen molar-refractivity contribution in [3.63, 3.8) is 0 Å². The van der Waals surface area contributed by atoms with Crippen LogP contribution in [0.3, 0.4) is 0 Å². The van der Waals surface area contributed by atoms with Crippen molar-refractivity contribution >= 4 is 40.0 Å². The lowest BCUT2D eigenvalue weighted by molar-refractivity contribution is 0.0234. The number of nitrogens with zero attached hydrogens (tertiary/aromatic N) is 3. The van der Waals surface area contributed by atoms with Crippen LogP contribution >= 0.6 is 11.6 Å². The summed E-state index contributed by atoms with van der Waals surface area (Å²) in [7, 11) is -3.69. The van der Waals surface area contributed by atoms with Gasteiger partial charge in [-0.25, -0.2) is 27.6 Å². The first-order chi connectivity index (χ1) is 25.1. The van der Waals surface area contributed by atoms with Gasteiger partial charge < -0.3 is 34.0 Å². The van der Waals surface area contributed by atoms with Crippen LogP contribution in [0.5, 0.6) is 0 Å². The number of aliphatic hydroxyl groups is 1. The summed E-state index contributed by atoms with van der Waals surface area (Å²) in [5.74, 6) is -1.62. The zero-order valence-corrected chi connectivity index (χ0v) is 35.6. The van der Waals surface area contributed by atoms with E-state index in [9.17, 15) is 36.0 Å². The van der Waals surface area contributed by atoms with Gasteiger partial charge in [-0.3, -0.25) is 4.18 Å². The van der Waals surface area contributed by atoms with Crippen molar-refractivity contribution in [2.75, 3.05) is 64.6 Å². The lowest BCUT2D eigenvalue weighted by Gasteiger charge is -2.31. The number of ether oxygens (including phenoxy) is 3. The summed E-state index contributed by atoms with van der Waals surface area (Å²) in [5, 5.41) is 8.73. The van der Waals surface area contributed by atoms with Crippen LogP contribution in [0.15, 0.2) is 34.2 Å². The number of amides is 3. The minimum absolute atomic E-state index is 0.0911. The number of piperidine rings is 3. The Bertz CT molecular complexity index is 1450. The highest BCUT2D eigenvalue weighted by atomic mass is 35.5. The zero-order valence-electron chi connectivity index (χ0n) is 34.0. The molecule has 0 atom stereocenters. The van der Waals surface area contributed by atoms with Crippen molar-refractivity contribution in [2.24, 2.45) is 0 Å². The average Bonchev–Trinajstić information content (AvgIpc) is 3.08. The van der Waals surface area contributed by atoms with Crippen molar-refractivity contribution in [2.45, 2.75) is 118 Å². The minimum Gasteiger partial charge on any atom is -0.444 e. The maximum atomic E-state index is 13.9. The Balaban J connectivity index is 0.000000416. The number of alkyl halides is 1. The molecule has 3 rings (SSSR count). The van der Waals surface area contributed by atoms with Crippen LogP contribution in [-0.4, -0.2) is 128 Å². The summed E-state index contributed by atoms with van der Waals surface area (Å²) in [6, 6.07) is 0. The molecule has 0 saturated carbocycles. The molecule has 3 fully saturated rings. The van der Waals surface area contributed by atoms with Crippen molar-refractivity contribution in [3.05, 3.63) is 34.2 Å². The molecule has 0 aromatic carbocycles. The van der Waals surface area contributed by atoms with Gasteiger partial charge >= 0.3 is 18.3 Å². The molecule has 13 nitrogen and oxygen atoms in total. The molecule has 0 spiro atoms. The molecule has 3 saturated heterocycles. The molecule has 3 amide bonds. The van der Waals surface area contributed by atoms with Crippen LogP contribution in [0.1, 0.15) is 101 Å². The van der Waals surface area contributed by atoms with Gasteiger partial charge in [0.25, 0.3) is 10.1 Å². The van der Waals surface area contributed by atoms with Crippen LogP contribution in [0, 0.1) is 0 Å². The van der Waals surface area contributed by atoms with Gasteiger partial charge in [0.1, 0.15) is 40.9 Å². The van der Waals surface area contributed by atoms with Crippen molar-refractivity contribution in [3.8, 4) is 0 Å². The van der Waals surface area contributed by atoms with Gasteiger partial charge in [-0.1, -0.05) is 0 Å². The van der Waals surface area contributed by atoms with Crippen molar-refractivity contribution in [1.82, 2.24) is 14.7 Å². The Hall–Kier alpha value is -3.02.